The molecule has 1 rings (SSSR count). The van der Waals surface area contributed by atoms with Crippen molar-refractivity contribution in [2.75, 3.05) is 46.7 Å². The SMILES string of the molecule is CO[Si](C)(CN1CCOCC1)OC. The van der Waals surface area contributed by atoms with E-state index in [1.165, 1.54) is 0 Å². The highest BCUT2D eigenvalue weighted by Gasteiger charge is 2.32. The number of ether oxygens (including phenoxy) is 1. The van der Waals surface area contributed by atoms with E-state index in [0.29, 0.717) is 0 Å². The Balaban J connectivity index is 2.35. The molecule has 4 nitrogen and oxygen atoms in total. The third kappa shape index (κ3) is 3.36. The van der Waals surface area contributed by atoms with Gasteiger partial charge >= 0.3 is 8.56 Å². The molecule has 0 radical (unpaired) electrons. The van der Waals surface area contributed by atoms with Gasteiger partial charge in [-0.3, -0.25) is 4.90 Å². The van der Waals surface area contributed by atoms with Gasteiger partial charge in [-0.25, -0.2) is 0 Å². The summed E-state index contributed by atoms with van der Waals surface area (Å²) in [5.41, 5.74) is 0. The lowest BCUT2D eigenvalue weighted by molar-refractivity contribution is 0.0402. The Morgan fingerprint density at radius 2 is 1.77 bits per heavy atom. The number of hydrogen-bond donors (Lipinski definition) is 0. The van der Waals surface area contributed by atoms with Crippen LogP contribution in [0.2, 0.25) is 6.55 Å². The lowest BCUT2D eigenvalue weighted by Crippen LogP contribution is -2.51. The van der Waals surface area contributed by atoms with E-state index in [1.807, 2.05) is 0 Å². The molecule has 0 aliphatic carbocycles. The maximum Gasteiger partial charge on any atom is 0.348 e. The molecule has 0 bridgehead atoms. The zero-order valence-corrected chi connectivity index (χ0v) is 9.71. The Bertz CT molecular complexity index is 146. The summed E-state index contributed by atoms with van der Waals surface area (Å²) in [4.78, 5) is 2.35. The van der Waals surface area contributed by atoms with E-state index in [1.54, 1.807) is 14.2 Å². The summed E-state index contributed by atoms with van der Waals surface area (Å²) in [6, 6.07) is 0. The van der Waals surface area contributed by atoms with Gasteiger partial charge in [-0.2, -0.15) is 0 Å². The van der Waals surface area contributed by atoms with Crippen LogP contribution in [-0.2, 0) is 13.6 Å². The number of nitrogens with zero attached hydrogens (tertiary/aromatic N) is 1. The Kier molecular flexibility index (Phi) is 4.34. The average Bonchev–Trinajstić information content (AvgIpc) is 2.19. The van der Waals surface area contributed by atoms with Crippen molar-refractivity contribution in [3.63, 3.8) is 0 Å². The van der Waals surface area contributed by atoms with Crippen molar-refractivity contribution in [2.45, 2.75) is 6.55 Å². The van der Waals surface area contributed by atoms with Crippen LogP contribution in [0.3, 0.4) is 0 Å². The van der Waals surface area contributed by atoms with Crippen LogP contribution in [-0.4, -0.2) is 60.2 Å². The van der Waals surface area contributed by atoms with Gasteiger partial charge in [0.05, 0.1) is 13.2 Å². The van der Waals surface area contributed by atoms with Crippen LogP contribution in [0.25, 0.3) is 0 Å². The highest BCUT2D eigenvalue weighted by atomic mass is 28.4. The second kappa shape index (κ2) is 5.07. The molecule has 5 heteroatoms. The fourth-order valence-electron chi connectivity index (χ4n) is 1.38. The Morgan fingerprint density at radius 1 is 1.23 bits per heavy atom. The minimum Gasteiger partial charge on any atom is -0.397 e. The van der Waals surface area contributed by atoms with Gasteiger partial charge in [0.15, 0.2) is 0 Å². The highest BCUT2D eigenvalue weighted by molar-refractivity contribution is 6.66. The Labute approximate surface area is 81.0 Å². The van der Waals surface area contributed by atoms with Crippen molar-refractivity contribution in [1.82, 2.24) is 4.90 Å². The van der Waals surface area contributed by atoms with Crippen molar-refractivity contribution in [1.29, 1.82) is 0 Å². The first-order valence-electron chi connectivity index (χ1n) is 4.60. The van der Waals surface area contributed by atoms with Crippen LogP contribution >= 0.6 is 0 Å². The molecule has 0 aromatic carbocycles. The van der Waals surface area contributed by atoms with Gasteiger partial charge in [0.2, 0.25) is 0 Å². The van der Waals surface area contributed by atoms with Gasteiger partial charge in [0, 0.05) is 33.5 Å². The molecule has 0 saturated carbocycles. The van der Waals surface area contributed by atoms with E-state index in [-0.39, 0.29) is 0 Å². The molecule has 0 aromatic rings. The summed E-state index contributed by atoms with van der Waals surface area (Å²) in [5.74, 6) is 0. The zero-order valence-electron chi connectivity index (χ0n) is 8.71. The van der Waals surface area contributed by atoms with Gasteiger partial charge in [0.25, 0.3) is 0 Å². The van der Waals surface area contributed by atoms with Crippen molar-refractivity contribution in [2.24, 2.45) is 0 Å². The van der Waals surface area contributed by atoms with Crippen molar-refractivity contribution >= 4 is 8.56 Å². The number of morpholine rings is 1. The highest BCUT2D eigenvalue weighted by Crippen LogP contribution is 2.08. The van der Waals surface area contributed by atoms with Crippen LogP contribution in [0, 0.1) is 0 Å². The Morgan fingerprint density at radius 3 is 2.23 bits per heavy atom. The lowest BCUT2D eigenvalue weighted by Gasteiger charge is -2.32. The normalized spacial score (nSPS) is 20.5. The van der Waals surface area contributed by atoms with E-state index in [2.05, 4.69) is 11.4 Å². The largest absolute Gasteiger partial charge is 0.397 e. The minimum absolute atomic E-state index is 0.831. The molecule has 13 heavy (non-hydrogen) atoms. The quantitative estimate of drug-likeness (QED) is 0.615. The third-order valence-corrected chi connectivity index (χ3v) is 5.23. The van der Waals surface area contributed by atoms with Crippen LogP contribution in [0.4, 0.5) is 0 Å². The number of rotatable bonds is 4. The molecule has 1 saturated heterocycles. The fraction of sp³-hybridized carbons (Fsp3) is 1.00. The van der Waals surface area contributed by atoms with Crippen LogP contribution in [0.1, 0.15) is 0 Å². The molecule has 0 amide bonds. The maximum atomic E-state index is 5.42. The monoisotopic (exact) mass is 205 g/mol. The molecule has 0 spiro atoms. The lowest BCUT2D eigenvalue weighted by atomic mass is 10.5. The second-order valence-electron chi connectivity index (χ2n) is 3.43. The Hall–Kier alpha value is 0.0569. The van der Waals surface area contributed by atoms with Gasteiger partial charge in [0.1, 0.15) is 0 Å². The van der Waals surface area contributed by atoms with Crippen molar-refractivity contribution in [3.05, 3.63) is 0 Å². The second-order valence-corrected chi connectivity index (χ2v) is 6.83. The van der Waals surface area contributed by atoms with Gasteiger partial charge in [-0.05, 0) is 6.55 Å². The molecule has 0 N–H and O–H groups in total. The molecule has 0 unspecified atom stereocenters. The molecule has 1 aliphatic rings. The van der Waals surface area contributed by atoms with Gasteiger partial charge in [-0.1, -0.05) is 0 Å². The first-order valence-corrected chi connectivity index (χ1v) is 7.13. The number of hydrogen-bond acceptors (Lipinski definition) is 4. The molecule has 0 aromatic heterocycles. The minimum atomic E-state index is -1.91. The summed E-state index contributed by atoms with van der Waals surface area (Å²) in [6.45, 7) is 5.74. The summed E-state index contributed by atoms with van der Waals surface area (Å²) in [7, 11) is 1.55. The van der Waals surface area contributed by atoms with Crippen LogP contribution in [0.5, 0.6) is 0 Å². The molecule has 78 valence electrons. The first-order chi connectivity index (χ1) is 6.20. The third-order valence-electron chi connectivity index (χ3n) is 2.48. The van der Waals surface area contributed by atoms with Crippen LogP contribution in [0.15, 0.2) is 0 Å². The molecular weight excluding hydrogens is 186 g/mol. The van der Waals surface area contributed by atoms with Gasteiger partial charge in [-0.15, -0.1) is 0 Å². The molecule has 0 atom stereocenters. The van der Waals surface area contributed by atoms with E-state index >= 15 is 0 Å². The predicted octanol–water partition coefficient (Wildman–Crippen LogP) is 0.223. The van der Waals surface area contributed by atoms with Gasteiger partial charge < -0.3 is 13.6 Å². The standard InChI is InChI=1S/C8H19NO3Si/c1-10-13(3,11-2)8-9-4-6-12-7-5-9/h4-8H2,1-3H3. The van der Waals surface area contributed by atoms with Crippen molar-refractivity contribution in [3.8, 4) is 0 Å². The maximum absolute atomic E-state index is 5.42. The first kappa shape index (κ1) is 11.1. The van der Waals surface area contributed by atoms with E-state index in [0.717, 1.165) is 32.5 Å². The molecular formula is C8H19NO3Si. The molecule has 1 fully saturated rings. The summed E-state index contributed by atoms with van der Waals surface area (Å²) in [6.07, 6.45) is 0.934. The van der Waals surface area contributed by atoms with E-state index in [9.17, 15) is 0 Å². The van der Waals surface area contributed by atoms with Crippen molar-refractivity contribution < 1.29 is 13.6 Å². The average molecular weight is 205 g/mol. The molecule has 1 heterocycles. The molecule has 1 aliphatic heterocycles. The topological polar surface area (TPSA) is 30.9 Å². The zero-order chi connectivity index (χ0) is 9.73. The van der Waals surface area contributed by atoms with E-state index < -0.39 is 8.56 Å². The van der Waals surface area contributed by atoms with Crippen LogP contribution < -0.4 is 0 Å². The predicted molar refractivity (Wildman–Crippen MR) is 52.9 cm³/mol. The van der Waals surface area contributed by atoms with E-state index in [4.69, 9.17) is 13.6 Å². The summed E-state index contributed by atoms with van der Waals surface area (Å²) >= 11 is 0. The summed E-state index contributed by atoms with van der Waals surface area (Å²) < 4.78 is 16.1. The summed E-state index contributed by atoms with van der Waals surface area (Å²) in [5, 5.41) is 0. The smallest absolute Gasteiger partial charge is 0.348 e. The fourth-order valence-corrected chi connectivity index (χ4v) is 2.93.